The van der Waals surface area contributed by atoms with Gasteiger partial charge >= 0.3 is 0 Å². The van der Waals surface area contributed by atoms with Gasteiger partial charge in [-0.2, -0.15) is 0 Å². The summed E-state index contributed by atoms with van der Waals surface area (Å²) in [5, 5.41) is 9.04. The maximum atomic E-state index is 9.04. The van der Waals surface area contributed by atoms with E-state index in [1.54, 1.807) is 0 Å². The molecule has 0 saturated carbocycles. The predicted octanol–water partition coefficient (Wildman–Crippen LogP) is 4.20. The Kier molecular flexibility index (Phi) is 8.49. The maximum Gasteiger partial charge on any atom is 0.116 e. The third kappa shape index (κ3) is 6.47. The minimum absolute atomic E-state index is 0.0939. The van der Waals surface area contributed by atoms with Gasteiger partial charge in [0, 0.05) is 4.83 Å². The molecule has 4 heteroatoms. The van der Waals surface area contributed by atoms with Crippen molar-refractivity contribution in [2.24, 2.45) is 0 Å². The third-order valence-electron chi connectivity index (χ3n) is 1.98. The minimum Gasteiger partial charge on any atom is -0.394 e. The molecule has 0 radical (unpaired) electrons. The van der Waals surface area contributed by atoms with Crippen LogP contribution < -0.4 is 0 Å². The zero-order chi connectivity index (χ0) is 10.3. The van der Waals surface area contributed by atoms with Crippen LogP contribution in [0.4, 0.5) is 0 Å². The van der Waals surface area contributed by atoms with Gasteiger partial charge in [0.1, 0.15) is 3.23 Å². The molecule has 0 spiro atoms. The molecule has 1 nitrogen and oxygen atoms in total. The highest BCUT2D eigenvalue weighted by atomic mass is 79.9. The number of unbranched alkanes of at least 4 members (excludes halogenated alkanes) is 3. The first-order valence-electron chi connectivity index (χ1n) is 4.67. The number of halogens is 3. The van der Waals surface area contributed by atoms with Crippen LogP contribution >= 0.6 is 47.8 Å². The zero-order valence-electron chi connectivity index (χ0n) is 7.90. The van der Waals surface area contributed by atoms with Gasteiger partial charge in [-0.05, 0) is 6.42 Å². The molecule has 0 heterocycles. The first-order chi connectivity index (χ1) is 6.04. The fourth-order valence-electron chi connectivity index (χ4n) is 1.06. The largest absolute Gasteiger partial charge is 0.394 e. The lowest BCUT2D eigenvalue weighted by Gasteiger charge is -2.23. The minimum atomic E-state index is -0.355. The molecule has 1 unspecified atom stereocenters. The standard InChI is InChI=1S/C9H17Br3O/c1-2-3-4-5-6-8(10)9(11,12)7-13/h8,13H,2-7H2,1H3. The molecule has 0 aromatic rings. The lowest BCUT2D eigenvalue weighted by Crippen LogP contribution is -2.28. The quantitative estimate of drug-likeness (QED) is 0.518. The van der Waals surface area contributed by atoms with E-state index in [9.17, 15) is 0 Å². The van der Waals surface area contributed by atoms with Crippen LogP contribution in [-0.2, 0) is 0 Å². The Labute approximate surface area is 106 Å². The van der Waals surface area contributed by atoms with E-state index in [2.05, 4.69) is 54.7 Å². The van der Waals surface area contributed by atoms with E-state index in [-0.39, 0.29) is 14.7 Å². The first kappa shape index (κ1) is 14.4. The summed E-state index contributed by atoms with van der Waals surface area (Å²) >= 11 is 10.4. The normalized spacial score (nSPS) is 14.5. The van der Waals surface area contributed by atoms with Gasteiger partial charge in [0.25, 0.3) is 0 Å². The summed E-state index contributed by atoms with van der Waals surface area (Å²) in [4.78, 5) is 0.279. The Hall–Kier alpha value is 1.40. The summed E-state index contributed by atoms with van der Waals surface area (Å²) in [5.74, 6) is 0. The number of hydrogen-bond donors (Lipinski definition) is 1. The van der Waals surface area contributed by atoms with Crippen LogP contribution in [0, 0.1) is 0 Å². The Balaban J connectivity index is 3.55. The Morgan fingerprint density at radius 1 is 1.23 bits per heavy atom. The van der Waals surface area contributed by atoms with Gasteiger partial charge < -0.3 is 5.11 Å². The Morgan fingerprint density at radius 2 is 1.85 bits per heavy atom. The average molecular weight is 381 g/mol. The smallest absolute Gasteiger partial charge is 0.116 e. The summed E-state index contributed by atoms with van der Waals surface area (Å²) in [6.45, 7) is 2.30. The van der Waals surface area contributed by atoms with E-state index < -0.39 is 0 Å². The van der Waals surface area contributed by atoms with Crippen molar-refractivity contribution in [1.82, 2.24) is 0 Å². The lowest BCUT2D eigenvalue weighted by molar-refractivity contribution is 0.285. The van der Waals surface area contributed by atoms with Crippen LogP contribution in [0.1, 0.15) is 39.0 Å². The Morgan fingerprint density at radius 3 is 2.31 bits per heavy atom. The second-order valence-electron chi connectivity index (χ2n) is 3.24. The molecule has 1 atom stereocenters. The van der Waals surface area contributed by atoms with Crippen molar-refractivity contribution in [3.63, 3.8) is 0 Å². The van der Waals surface area contributed by atoms with Crippen molar-refractivity contribution >= 4 is 47.8 Å². The SMILES string of the molecule is CCCCCCC(Br)C(Br)(Br)CO. The number of rotatable bonds is 7. The van der Waals surface area contributed by atoms with E-state index in [0.717, 1.165) is 6.42 Å². The number of alkyl halides is 3. The highest BCUT2D eigenvalue weighted by molar-refractivity contribution is 9.26. The van der Waals surface area contributed by atoms with Crippen molar-refractivity contribution in [1.29, 1.82) is 0 Å². The van der Waals surface area contributed by atoms with Gasteiger partial charge in [0.05, 0.1) is 6.61 Å². The van der Waals surface area contributed by atoms with Gasteiger partial charge in [-0.15, -0.1) is 0 Å². The summed E-state index contributed by atoms with van der Waals surface area (Å²) in [7, 11) is 0. The van der Waals surface area contributed by atoms with Crippen LogP contribution in [0.3, 0.4) is 0 Å². The molecule has 0 aliphatic rings. The van der Waals surface area contributed by atoms with Gasteiger partial charge in [-0.25, -0.2) is 0 Å². The zero-order valence-corrected chi connectivity index (χ0v) is 12.7. The average Bonchev–Trinajstić information content (AvgIpc) is 2.12. The maximum absolute atomic E-state index is 9.04. The predicted molar refractivity (Wildman–Crippen MR) is 69.1 cm³/mol. The molecule has 0 amide bonds. The Bertz CT molecular complexity index is 128. The molecule has 0 saturated heterocycles. The first-order valence-corrected chi connectivity index (χ1v) is 7.17. The molecule has 0 aliphatic carbocycles. The van der Waals surface area contributed by atoms with E-state index in [1.807, 2.05) is 0 Å². The summed E-state index contributed by atoms with van der Waals surface area (Å²) in [5.41, 5.74) is 0. The molecular formula is C9H17Br3O. The van der Waals surface area contributed by atoms with Crippen LogP contribution in [-0.4, -0.2) is 19.8 Å². The van der Waals surface area contributed by atoms with Gasteiger partial charge in [0.15, 0.2) is 0 Å². The third-order valence-corrected chi connectivity index (χ3v) is 6.06. The highest BCUT2D eigenvalue weighted by Crippen LogP contribution is 2.36. The van der Waals surface area contributed by atoms with E-state index >= 15 is 0 Å². The van der Waals surface area contributed by atoms with E-state index in [4.69, 9.17) is 5.11 Å². The van der Waals surface area contributed by atoms with Crippen molar-refractivity contribution in [3.05, 3.63) is 0 Å². The highest BCUT2D eigenvalue weighted by Gasteiger charge is 2.30. The fourth-order valence-corrected chi connectivity index (χ4v) is 1.99. The molecule has 80 valence electrons. The van der Waals surface area contributed by atoms with Crippen LogP contribution in [0.5, 0.6) is 0 Å². The van der Waals surface area contributed by atoms with Crippen molar-refractivity contribution < 1.29 is 5.11 Å². The lowest BCUT2D eigenvalue weighted by atomic mass is 10.1. The fraction of sp³-hybridized carbons (Fsp3) is 1.00. The van der Waals surface area contributed by atoms with E-state index in [0.29, 0.717) is 0 Å². The monoisotopic (exact) mass is 378 g/mol. The molecule has 0 rings (SSSR count). The molecule has 0 fully saturated rings. The van der Waals surface area contributed by atoms with Crippen molar-refractivity contribution in [2.45, 2.75) is 47.1 Å². The van der Waals surface area contributed by atoms with Gasteiger partial charge in [-0.1, -0.05) is 80.4 Å². The van der Waals surface area contributed by atoms with Crippen molar-refractivity contribution in [2.75, 3.05) is 6.61 Å². The second-order valence-corrected chi connectivity index (χ2v) is 8.24. The summed E-state index contributed by atoms with van der Waals surface area (Å²) in [6.07, 6.45) is 6.14. The molecule has 0 aromatic heterocycles. The topological polar surface area (TPSA) is 20.2 Å². The molecule has 0 bridgehead atoms. The molecular weight excluding hydrogens is 364 g/mol. The number of aliphatic hydroxyl groups excluding tert-OH is 1. The van der Waals surface area contributed by atoms with Crippen LogP contribution in [0.25, 0.3) is 0 Å². The molecule has 0 aromatic carbocycles. The van der Waals surface area contributed by atoms with Crippen LogP contribution in [0.2, 0.25) is 0 Å². The number of hydrogen-bond acceptors (Lipinski definition) is 1. The summed E-state index contributed by atoms with van der Waals surface area (Å²) < 4.78 is -0.355. The summed E-state index contributed by atoms with van der Waals surface area (Å²) in [6, 6.07) is 0. The van der Waals surface area contributed by atoms with Gasteiger partial charge in [0.2, 0.25) is 0 Å². The second kappa shape index (κ2) is 7.66. The molecule has 1 N–H and O–H groups in total. The van der Waals surface area contributed by atoms with Crippen LogP contribution in [0.15, 0.2) is 0 Å². The van der Waals surface area contributed by atoms with Gasteiger partial charge in [-0.3, -0.25) is 0 Å². The molecule has 0 aliphatic heterocycles. The van der Waals surface area contributed by atoms with Crippen molar-refractivity contribution in [3.8, 4) is 0 Å². The number of aliphatic hydroxyl groups is 1. The van der Waals surface area contributed by atoms with E-state index in [1.165, 1.54) is 25.7 Å². The molecule has 13 heavy (non-hydrogen) atoms.